The van der Waals surface area contributed by atoms with Crippen molar-refractivity contribution in [2.75, 3.05) is 100 Å². The second kappa shape index (κ2) is 44.4. The van der Waals surface area contributed by atoms with Gasteiger partial charge in [0, 0.05) is 13.2 Å². The number of hydrogen-bond acceptors (Lipinski definition) is 6. The van der Waals surface area contributed by atoms with Gasteiger partial charge in [-0.05, 0) is 12.8 Å². The quantitative estimate of drug-likeness (QED) is 0.0455. The summed E-state index contributed by atoms with van der Waals surface area (Å²) < 4.78 is 35.9. The van der Waals surface area contributed by atoms with Gasteiger partial charge in [-0.15, -0.1) is 0 Å². The lowest BCUT2D eigenvalue weighted by molar-refractivity contribution is -0.873. The Labute approximate surface area is 332 Å². The van der Waals surface area contributed by atoms with Gasteiger partial charge in [0.1, 0.15) is 12.6 Å². The van der Waals surface area contributed by atoms with E-state index in [9.17, 15) is 0 Å². The summed E-state index contributed by atoms with van der Waals surface area (Å²) in [6.45, 7) is 12.6. The third-order valence-electron chi connectivity index (χ3n) is 10.0. The topological polar surface area (TPSA) is 55.4 Å². The third kappa shape index (κ3) is 47.8. The normalized spacial score (nSPS) is 12.6. The predicted octanol–water partition coefficient (Wildman–Crippen LogP) is 12.1. The maximum absolute atomic E-state index is 6.13. The monoisotopic (exact) mass is 759 g/mol. The maximum atomic E-state index is 6.13. The molecule has 1 unspecified atom stereocenters. The molecule has 1 atom stereocenters. The van der Waals surface area contributed by atoms with E-state index < -0.39 is 0 Å². The number of quaternary nitrogens is 1. The van der Waals surface area contributed by atoms with Crippen LogP contribution in [0.3, 0.4) is 0 Å². The minimum Gasteiger partial charge on any atom is -0.379 e. The van der Waals surface area contributed by atoms with Crippen LogP contribution < -0.4 is 0 Å². The maximum Gasteiger partial charge on any atom is 0.130 e. The van der Waals surface area contributed by atoms with Gasteiger partial charge in [0.15, 0.2) is 0 Å². The number of rotatable bonds is 47. The number of ether oxygens (including phenoxy) is 6. The largest absolute Gasteiger partial charge is 0.379 e. The van der Waals surface area contributed by atoms with Gasteiger partial charge in [-0.2, -0.15) is 0 Å². The first-order valence-corrected chi connectivity index (χ1v) is 23.3. The summed E-state index contributed by atoms with van der Waals surface area (Å²) in [5, 5.41) is 0. The molecule has 0 N–H and O–H groups in total. The number of likely N-dealkylation sites (N-methyl/N-ethyl adjacent to an activating group) is 1. The summed E-state index contributed by atoms with van der Waals surface area (Å²) in [5.74, 6) is 0. The molecule has 0 rings (SSSR count). The zero-order valence-corrected chi connectivity index (χ0v) is 36.8. The van der Waals surface area contributed by atoms with Gasteiger partial charge in [0.2, 0.25) is 0 Å². The van der Waals surface area contributed by atoms with E-state index in [1.807, 2.05) is 0 Å². The van der Waals surface area contributed by atoms with Gasteiger partial charge < -0.3 is 32.9 Å². The first-order valence-electron chi connectivity index (χ1n) is 23.3. The van der Waals surface area contributed by atoms with Crippen molar-refractivity contribution in [3.63, 3.8) is 0 Å². The highest BCUT2D eigenvalue weighted by atomic mass is 16.6. The van der Waals surface area contributed by atoms with Crippen molar-refractivity contribution in [1.29, 1.82) is 0 Å². The Kier molecular flexibility index (Phi) is 44.2. The summed E-state index contributed by atoms with van der Waals surface area (Å²) >= 11 is 0. The van der Waals surface area contributed by atoms with Gasteiger partial charge in [0.05, 0.1) is 80.6 Å². The van der Waals surface area contributed by atoms with E-state index in [-0.39, 0.29) is 6.10 Å². The van der Waals surface area contributed by atoms with E-state index in [1.165, 1.54) is 167 Å². The van der Waals surface area contributed by atoms with Crippen molar-refractivity contribution in [1.82, 2.24) is 0 Å². The van der Waals surface area contributed by atoms with Crippen LogP contribution in [-0.4, -0.2) is 111 Å². The molecule has 0 heterocycles. The molecule has 7 heteroatoms. The number of hydrogen-bond donors (Lipinski definition) is 0. The fraction of sp³-hybridized carbons (Fsp3) is 1.00. The van der Waals surface area contributed by atoms with E-state index >= 15 is 0 Å². The minimum absolute atomic E-state index is 0.0311. The Balaban J connectivity index is 3.49. The lowest BCUT2D eigenvalue weighted by Gasteiger charge is -2.29. The fourth-order valence-corrected chi connectivity index (χ4v) is 6.81. The molecule has 53 heavy (non-hydrogen) atoms. The molecular weight excluding hydrogens is 663 g/mol. The highest BCUT2D eigenvalue weighted by molar-refractivity contribution is 4.56. The molecule has 0 aromatic carbocycles. The van der Waals surface area contributed by atoms with E-state index in [4.69, 9.17) is 28.4 Å². The van der Waals surface area contributed by atoms with Crippen molar-refractivity contribution in [3.05, 3.63) is 0 Å². The summed E-state index contributed by atoms with van der Waals surface area (Å²) in [5.41, 5.74) is 0. The molecular formula is C46H96NO6+. The Morgan fingerprint density at radius 3 is 0.887 bits per heavy atom. The summed E-state index contributed by atoms with van der Waals surface area (Å²) in [6.07, 6.45) is 38.8. The van der Waals surface area contributed by atoms with Gasteiger partial charge in [-0.1, -0.05) is 181 Å². The first kappa shape index (κ1) is 52.7. The van der Waals surface area contributed by atoms with Gasteiger partial charge in [-0.25, -0.2) is 0 Å². The van der Waals surface area contributed by atoms with Gasteiger partial charge in [0.25, 0.3) is 0 Å². The molecule has 0 saturated heterocycles. The minimum atomic E-state index is 0.0311. The Hall–Kier alpha value is -0.280. The molecule has 0 aliphatic heterocycles. The Morgan fingerprint density at radius 1 is 0.302 bits per heavy atom. The van der Waals surface area contributed by atoms with Crippen LogP contribution in [0.2, 0.25) is 0 Å². The molecule has 0 saturated carbocycles. The second-order valence-electron chi connectivity index (χ2n) is 16.7. The average Bonchev–Trinajstić information content (AvgIpc) is 3.13. The molecule has 0 spiro atoms. The molecule has 0 amide bonds. The highest BCUT2D eigenvalue weighted by Crippen LogP contribution is 2.14. The molecule has 0 fully saturated rings. The van der Waals surface area contributed by atoms with Crippen molar-refractivity contribution < 1.29 is 32.9 Å². The van der Waals surface area contributed by atoms with E-state index in [2.05, 4.69) is 35.0 Å². The smallest absolute Gasteiger partial charge is 0.130 e. The summed E-state index contributed by atoms with van der Waals surface area (Å²) in [7, 11) is 6.55. The molecule has 7 nitrogen and oxygen atoms in total. The molecule has 320 valence electrons. The zero-order valence-electron chi connectivity index (χ0n) is 36.8. The van der Waals surface area contributed by atoms with Crippen molar-refractivity contribution in [2.24, 2.45) is 0 Å². The second-order valence-corrected chi connectivity index (χ2v) is 16.7. The van der Waals surface area contributed by atoms with Gasteiger partial charge in [-0.3, -0.25) is 0 Å². The molecule has 0 radical (unpaired) electrons. The standard InChI is InChI=1S/C46H96NO6/c1-6-8-10-12-14-16-18-20-22-24-26-28-30-32-34-48-36-38-50-40-41-52-45-46(44-47(3,4)5)53-43-42-51-39-37-49-35-33-31-29-27-25-23-21-19-17-15-13-11-9-7-2/h46H,6-45H2,1-5H3/q+1. The van der Waals surface area contributed by atoms with Crippen LogP contribution in [0.25, 0.3) is 0 Å². The van der Waals surface area contributed by atoms with E-state index in [0.717, 1.165) is 37.1 Å². The SMILES string of the molecule is CCCCCCCCCCCCCCCCOCCOCCOCC(C[N+](C)(C)C)OCCOCCOCCCCCCCCCCCCCCCC. The average molecular weight is 759 g/mol. The first-order chi connectivity index (χ1) is 26.0. The van der Waals surface area contributed by atoms with E-state index in [1.54, 1.807) is 0 Å². The van der Waals surface area contributed by atoms with Gasteiger partial charge >= 0.3 is 0 Å². The number of nitrogens with zero attached hydrogens (tertiary/aromatic N) is 1. The molecule has 0 aromatic rings. The third-order valence-corrected chi connectivity index (χ3v) is 10.0. The fourth-order valence-electron chi connectivity index (χ4n) is 6.81. The Bertz CT molecular complexity index is 660. The van der Waals surface area contributed by atoms with Crippen molar-refractivity contribution in [3.8, 4) is 0 Å². The van der Waals surface area contributed by atoms with Crippen LogP contribution >= 0.6 is 0 Å². The van der Waals surface area contributed by atoms with Crippen molar-refractivity contribution >= 4 is 0 Å². The molecule has 0 aliphatic carbocycles. The van der Waals surface area contributed by atoms with Crippen LogP contribution in [0.1, 0.15) is 194 Å². The van der Waals surface area contributed by atoms with Crippen LogP contribution in [0.15, 0.2) is 0 Å². The molecule has 0 aliphatic rings. The van der Waals surface area contributed by atoms with Crippen LogP contribution in [0.4, 0.5) is 0 Å². The van der Waals surface area contributed by atoms with Crippen LogP contribution in [0.5, 0.6) is 0 Å². The molecule has 0 aromatic heterocycles. The zero-order chi connectivity index (χ0) is 38.6. The Morgan fingerprint density at radius 2 is 0.566 bits per heavy atom. The lowest BCUT2D eigenvalue weighted by atomic mass is 10.0. The van der Waals surface area contributed by atoms with Crippen LogP contribution in [0, 0.1) is 0 Å². The summed E-state index contributed by atoms with van der Waals surface area (Å²) in [6, 6.07) is 0. The predicted molar refractivity (Wildman–Crippen MR) is 227 cm³/mol. The number of unbranched alkanes of at least 4 members (excludes halogenated alkanes) is 26. The summed E-state index contributed by atoms with van der Waals surface area (Å²) in [4.78, 5) is 0. The van der Waals surface area contributed by atoms with Crippen LogP contribution in [-0.2, 0) is 28.4 Å². The highest BCUT2D eigenvalue weighted by Gasteiger charge is 2.19. The molecule has 0 bridgehead atoms. The van der Waals surface area contributed by atoms with Crippen molar-refractivity contribution in [2.45, 2.75) is 200 Å². The van der Waals surface area contributed by atoms with E-state index in [0.29, 0.717) is 59.5 Å². The lowest BCUT2D eigenvalue weighted by Crippen LogP contribution is -2.44.